The first-order chi connectivity index (χ1) is 10.1. The largest absolute Gasteiger partial charge is 0.524 e. The maximum absolute atomic E-state index is 12.0. The number of allylic oxidation sites excluding steroid dienone is 2. The van der Waals surface area contributed by atoms with Crippen molar-refractivity contribution in [3.63, 3.8) is 0 Å². The number of carboxylic acid groups (broad SMARTS) is 1. The number of rotatable bonds is 4. The third-order valence-electron chi connectivity index (χ3n) is 3.13. The summed E-state index contributed by atoms with van der Waals surface area (Å²) in [5.41, 5.74) is 0.200. The Morgan fingerprint density at radius 1 is 1.23 bits per heavy atom. The fourth-order valence-electron chi connectivity index (χ4n) is 1.97. The van der Waals surface area contributed by atoms with Crippen molar-refractivity contribution in [2.75, 3.05) is 0 Å². The Morgan fingerprint density at radius 2 is 1.86 bits per heavy atom. The fraction of sp³-hybridized carbons (Fsp3) is 0.154. The van der Waals surface area contributed by atoms with Gasteiger partial charge in [0.1, 0.15) is 0 Å². The highest BCUT2D eigenvalue weighted by molar-refractivity contribution is 7.46. The summed E-state index contributed by atoms with van der Waals surface area (Å²) in [5.74, 6) is -4.25. The van der Waals surface area contributed by atoms with Crippen LogP contribution in [-0.4, -0.2) is 32.4 Å². The van der Waals surface area contributed by atoms with Gasteiger partial charge in [0.2, 0.25) is 5.78 Å². The predicted molar refractivity (Wildman–Crippen MR) is 72.4 cm³/mol. The molecule has 0 radical (unpaired) electrons. The van der Waals surface area contributed by atoms with Gasteiger partial charge in [-0.25, -0.2) is 4.57 Å². The Morgan fingerprint density at radius 3 is 2.41 bits per heavy atom. The van der Waals surface area contributed by atoms with Crippen molar-refractivity contribution in [2.24, 2.45) is 0 Å². The number of phosphoric ester groups is 1. The lowest BCUT2D eigenvalue weighted by molar-refractivity contribution is -0.138. The molecule has 1 aromatic carbocycles. The normalized spacial score (nSPS) is 15.9. The average Bonchev–Trinajstić information content (AvgIpc) is 2.41. The molecule has 22 heavy (non-hydrogen) atoms. The van der Waals surface area contributed by atoms with Gasteiger partial charge in [0, 0.05) is 17.2 Å². The number of fused-ring (bicyclic) bond motifs is 1. The minimum atomic E-state index is -4.97. The maximum atomic E-state index is 12.0. The topological polar surface area (TPSA) is 138 Å². The molecule has 1 unspecified atom stereocenters. The molecule has 3 N–H and O–H groups in total. The van der Waals surface area contributed by atoms with Gasteiger partial charge in [0.05, 0.1) is 5.92 Å². The van der Waals surface area contributed by atoms with E-state index in [-0.39, 0.29) is 11.1 Å². The second kappa shape index (κ2) is 5.49. The highest BCUT2D eigenvalue weighted by Gasteiger charge is 2.32. The highest BCUT2D eigenvalue weighted by atomic mass is 31.2. The van der Waals surface area contributed by atoms with Crippen LogP contribution in [0.3, 0.4) is 0 Å². The molecule has 1 atom stereocenters. The van der Waals surface area contributed by atoms with Gasteiger partial charge in [-0.05, 0) is 24.6 Å². The van der Waals surface area contributed by atoms with E-state index < -0.39 is 37.0 Å². The second-order valence-electron chi connectivity index (χ2n) is 4.65. The first kappa shape index (κ1) is 16.1. The van der Waals surface area contributed by atoms with Crippen LogP contribution in [0.4, 0.5) is 0 Å². The number of hydrogen-bond donors (Lipinski definition) is 3. The van der Waals surface area contributed by atoms with Crippen molar-refractivity contribution in [3.05, 3.63) is 46.7 Å². The first-order valence-electron chi connectivity index (χ1n) is 6.03. The summed E-state index contributed by atoms with van der Waals surface area (Å²) in [7, 11) is -4.97. The van der Waals surface area contributed by atoms with Crippen LogP contribution >= 0.6 is 7.82 Å². The number of carboxylic acids is 1. The Bertz CT molecular complexity index is 757. The van der Waals surface area contributed by atoms with Crippen LogP contribution in [0.15, 0.2) is 30.0 Å². The molecule has 0 saturated heterocycles. The van der Waals surface area contributed by atoms with Crippen LogP contribution in [0.1, 0.15) is 39.1 Å². The average molecular weight is 326 g/mol. The molecule has 1 aliphatic carbocycles. The SMILES string of the molecule is CC(C(=O)O)c1ccc2c(c1)C(=O)C=C(OP(=O)(O)O)C2=O. The van der Waals surface area contributed by atoms with E-state index in [0.717, 1.165) is 0 Å². The molecule has 1 aliphatic rings. The van der Waals surface area contributed by atoms with Crippen LogP contribution in [-0.2, 0) is 13.9 Å². The molecule has 0 spiro atoms. The fourth-order valence-corrected chi connectivity index (χ4v) is 2.36. The molecule has 2 rings (SSSR count). The van der Waals surface area contributed by atoms with Gasteiger partial charge in [-0.2, -0.15) is 0 Å². The summed E-state index contributed by atoms with van der Waals surface area (Å²) in [6.45, 7) is 1.43. The van der Waals surface area contributed by atoms with Gasteiger partial charge in [-0.1, -0.05) is 6.07 Å². The number of hydrogen-bond acceptors (Lipinski definition) is 5. The zero-order valence-corrected chi connectivity index (χ0v) is 12.1. The smallest absolute Gasteiger partial charge is 0.481 e. The molecule has 8 nitrogen and oxygen atoms in total. The number of benzene rings is 1. The van der Waals surface area contributed by atoms with Gasteiger partial charge >= 0.3 is 13.8 Å². The number of Topliss-reactive ketones (excluding diaryl/α,β-unsaturated/α-hetero) is 1. The molecule has 0 bridgehead atoms. The summed E-state index contributed by atoms with van der Waals surface area (Å²) in [4.78, 5) is 52.4. The number of carbonyl (C=O) groups excluding carboxylic acids is 2. The second-order valence-corrected chi connectivity index (χ2v) is 5.81. The molecule has 9 heteroatoms. The molecular weight excluding hydrogens is 315 g/mol. The molecule has 0 fully saturated rings. The standard InChI is InChI=1S/C13H11O8P/c1-6(13(16)17)7-2-3-8-9(4-7)10(14)5-11(12(8)15)21-22(18,19)20/h2-6H,1H3,(H,16,17)(H2,18,19,20). The molecule has 1 aromatic rings. The summed E-state index contributed by atoms with van der Waals surface area (Å²) in [5, 5.41) is 8.96. The van der Waals surface area contributed by atoms with Crippen molar-refractivity contribution >= 4 is 25.4 Å². The Hall–Kier alpha value is -2.28. The van der Waals surface area contributed by atoms with E-state index in [1.165, 1.54) is 25.1 Å². The highest BCUT2D eigenvalue weighted by Crippen LogP contribution is 2.41. The van der Waals surface area contributed by atoms with E-state index in [2.05, 4.69) is 4.52 Å². The number of phosphoric acid groups is 1. The third kappa shape index (κ3) is 3.14. The third-order valence-corrected chi connectivity index (χ3v) is 3.56. The van der Waals surface area contributed by atoms with Crippen LogP contribution in [0.2, 0.25) is 0 Å². The number of ketones is 2. The van der Waals surface area contributed by atoms with E-state index >= 15 is 0 Å². The summed E-state index contributed by atoms with van der Waals surface area (Å²) < 4.78 is 15.0. The van der Waals surface area contributed by atoms with Gasteiger partial charge in [0.25, 0.3) is 0 Å². The Labute approximate surface area is 124 Å². The molecule has 0 heterocycles. The van der Waals surface area contributed by atoms with E-state index in [0.29, 0.717) is 11.6 Å². The van der Waals surface area contributed by atoms with E-state index in [4.69, 9.17) is 14.9 Å². The van der Waals surface area contributed by atoms with Crippen molar-refractivity contribution in [3.8, 4) is 0 Å². The van der Waals surface area contributed by atoms with E-state index in [1.807, 2.05) is 0 Å². The van der Waals surface area contributed by atoms with Gasteiger partial charge < -0.3 is 9.63 Å². The Kier molecular flexibility index (Phi) is 4.02. The zero-order valence-electron chi connectivity index (χ0n) is 11.2. The van der Waals surface area contributed by atoms with Crippen molar-refractivity contribution in [1.82, 2.24) is 0 Å². The van der Waals surface area contributed by atoms with Crippen LogP contribution in [0, 0.1) is 0 Å². The molecular formula is C13H11O8P. The number of aliphatic carboxylic acids is 1. The lowest BCUT2D eigenvalue weighted by Gasteiger charge is -2.17. The van der Waals surface area contributed by atoms with Gasteiger partial charge in [-0.3, -0.25) is 24.2 Å². The predicted octanol–water partition coefficient (Wildman–Crippen LogP) is 1.25. The molecule has 0 amide bonds. The molecule has 0 aromatic heterocycles. The van der Waals surface area contributed by atoms with E-state index in [1.54, 1.807) is 0 Å². The van der Waals surface area contributed by atoms with Crippen molar-refractivity contribution in [1.29, 1.82) is 0 Å². The van der Waals surface area contributed by atoms with Crippen LogP contribution in [0.25, 0.3) is 0 Å². The minimum Gasteiger partial charge on any atom is -0.481 e. The van der Waals surface area contributed by atoms with Crippen molar-refractivity contribution < 1.29 is 38.4 Å². The van der Waals surface area contributed by atoms with Gasteiger partial charge in [0.15, 0.2) is 11.5 Å². The molecule has 116 valence electrons. The quantitative estimate of drug-likeness (QED) is 0.703. The minimum absolute atomic E-state index is 0.0336. The lowest BCUT2D eigenvalue weighted by atomic mass is 9.89. The lowest BCUT2D eigenvalue weighted by Crippen LogP contribution is -2.19. The first-order valence-corrected chi connectivity index (χ1v) is 7.56. The van der Waals surface area contributed by atoms with Crippen LogP contribution < -0.4 is 0 Å². The van der Waals surface area contributed by atoms with E-state index in [9.17, 15) is 18.9 Å². The summed E-state index contributed by atoms with van der Waals surface area (Å²) >= 11 is 0. The molecule has 0 aliphatic heterocycles. The molecule has 0 saturated carbocycles. The Balaban J connectivity index is 2.45. The summed E-state index contributed by atoms with van der Waals surface area (Å²) in [6.07, 6.45) is 0.680. The number of carbonyl (C=O) groups is 3. The van der Waals surface area contributed by atoms with Gasteiger partial charge in [-0.15, -0.1) is 0 Å². The maximum Gasteiger partial charge on any atom is 0.524 e. The summed E-state index contributed by atoms with van der Waals surface area (Å²) in [6, 6.07) is 3.88. The zero-order chi connectivity index (χ0) is 16.7. The monoisotopic (exact) mass is 326 g/mol. The van der Waals surface area contributed by atoms with Crippen LogP contribution in [0.5, 0.6) is 0 Å². The van der Waals surface area contributed by atoms with Crippen molar-refractivity contribution in [2.45, 2.75) is 12.8 Å².